The third-order valence-electron chi connectivity index (χ3n) is 4.03. The van der Waals surface area contributed by atoms with Gasteiger partial charge in [0.2, 0.25) is 0 Å². The Kier molecular flexibility index (Phi) is 7.68. The highest BCUT2D eigenvalue weighted by Gasteiger charge is 2.10. The SMILES string of the molecule is C=CCc1cc(C=CC(=O)c2ccc(NC)cc2)c(OCC)cc1OCC. The van der Waals surface area contributed by atoms with Crippen LogP contribution >= 0.6 is 0 Å². The van der Waals surface area contributed by atoms with Gasteiger partial charge in [-0.1, -0.05) is 6.08 Å². The molecule has 1 N–H and O–H groups in total. The minimum absolute atomic E-state index is 0.0562. The van der Waals surface area contributed by atoms with Crippen LogP contribution in [0, 0.1) is 0 Å². The molecule has 0 spiro atoms. The van der Waals surface area contributed by atoms with Crippen LogP contribution in [0.2, 0.25) is 0 Å². The summed E-state index contributed by atoms with van der Waals surface area (Å²) in [5, 5.41) is 3.04. The molecule has 0 saturated carbocycles. The van der Waals surface area contributed by atoms with E-state index in [1.165, 1.54) is 0 Å². The molecule has 0 aliphatic heterocycles. The second-order valence-electron chi connectivity index (χ2n) is 5.88. The summed E-state index contributed by atoms with van der Waals surface area (Å²) >= 11 is 0. The maximum Gasteiger partial charge on any atom is 0.185 e. The summed E-state index contributed by atoms with van der Waals surface area (Å²) in [6, 6.07) is 11.3. The lowest BCUT2D eigenvalue weighted by atomic mass is 10.0. The van der Waals surface area contributed by atoms with E-state index in [1.54, 1.807) is 12.2 Å². The zero-order valence-electron chi connectivity index (χ0n) is 16.2. The summed E-state index contributed by atoms with van der Waals surface area (Å²) in [6.45, 7) is 8.80. The number of carbonyl (C=O) groups is 1. The third kappa shape index (κ3) is 5.48. The van der Waals surface area contributed by atoms with Crippen LogP contribution in [0.25, 0.3) is 6.08 Å². The summed E-state index contributed by atoms with van der Waals surface area (Å²) in [6.07, 6.45) is 5.88. The number of ether oxygens (including phenoxy) is 2. The van der Waals surface area contributed by atoms with Crippen molar-refractivity contribution in [3.8, 4) is 11.5 Å². The summed E-state index contributed by atoms with van der Waals surface area (Å²) in [4.78, 5) is 12.5. The van der Waals surface area contributed by atoms with Crippen LogP contribution in [0.15, 0.2) is 55.1 Å². The highest BCUT2D eigenvalue weighted by atomic mass is 16.5. The standard InChI is InChI=1S/C23H27NO3/c1-5-8-18-15-19(23(27-7-3)16-22(18)26-6-2)11-14-21(25)17-9-12-20(24-4)13-10-17/h5,9-16,24H,1,6-8H2,2-4H3. The Balaban J connectivity index is 2.33. The molecule has 142 valence electrons. The maximum atomic E-state index is 12.5. The first kappa shape index (κ1) is 20.3. The predicted molar refractivity (Wildman–Crippen MR) is 112 cm³/mol. The molecule has 0 aliphatic rings. The molecule has 4 nitrogen and oxygen atoms in total. The van der Waals surface area contributed by atoms with Crippen molar-refractivity contribution in [2.45, 2.75) is 20.3 Å². The molecule has 0 aromatic heterocycles. The minimum Gasteiger partial charge on any atom is -0.493 e. The van der Waals surface area contributed by atoms with E-state index < -0.39 is 0 Å². The van der Waals surface area contributed by atoms with Gasteiger partial charge in [-0.05, 0) is 68.3 Å². The van der Waals surface area contributed by atoms with Crippen LogP contribution in [-0.2, 0) is 6.42 Å². The molecule has 2 rings (SSSR count). The van der Waals surface area contributed by atoms with E-state index in [-0.39, 0.29) is 5.78 Å². The number of benzene rings is 2. The van der Waals surface area contributed by atoms with Crippen LogP contribution in [-0.4, -0.2) is 26.0 Å². The molecule has 27 heavy (non-hydrogen) atoms. The highest BCUT2D eigenvalue weighted by molar-refractivity contribution is 6.07. The van der Waals surface area contributed by atoms with E-state index in [0.717, 1.165) is 22.6 Å². The van der Waals surface area contributed by atoms with E-state index in [0.29, 0.717) is 30.9 Å². The normalized spacial score (nSPS) is 10.6. The van der Waals surface area contributed by atoms with Crippen molar-refractivity contribution in [3.63, 3.8) is 0 Å². The molecule has 4 heteroatoms. The molecule has 0 aliphatic carbocycles. The number of hydrogen-bond acceptors (Lipinski definition) is 4. The van der Waals surface area contributed by atoms with Crippen molar-refractivity contribution in [1.82, 2.24) is 0 Å². The fraction of sp³-hybridized carbons (Fsp3) is 0.261. The number of ketones is 1. The van der Waals surface area contributed by atoms with Gasteiger partial charge in [0.05, 0.1) is 13.2 Å². The van der Waals surface area contributed by atoms with Crippen LogP contribution in [0.4, 0.5) is 5.69 Å². The molecule has 0 amide bonds. The predicted octanol–water partition coefficient (Wildman–Crippen LogP) is 5.15. The Hall–Kier alpha value is -3.01. The fourth-order valence-electron chi connectivity index (χ4n) is 2.70. The van der Waals surface area contributed by atoms with Gasteiger partial charge in [-0.15, -0.1) is 6.58 Å². The monoisotopic (exact) mass is 365 g/mol. The van der Waals surface area contributed by atoms with Gasteiger partial charge in [0.15, 0.2) is 5.78 Å². The lowest BCUT2D eigenvalue weighted by Crippen LogP contribution is -2.01. The van der Waals surface area contributed by atoms with Gasteiger partial charge in [0, 0.05) is 29.9 Å². The first-order valence-electron chi connectivity index (χ1n) is 9.16. The van der Waals surface area contributed by atoms with Crippen LogP contribution in [0.1, 0.15) is 35.3 Å². The molecule has 0 heterocycles. The average Bonchev–Trinajstić information content (AvgIpc) is 2.69. The van der Waals surface area contributed by atoms with Crippen LogP contribution in [0.3, 0.4) is 0 Å². The van der Waals surface area contributed by atoms with Crippen molar-refractivity contribution in [1.29, 1.82) is 0 Å². The van der Waals surface area contributed by atoms with E-state index >= 15 is 0 Å². The van der Waals surface area contributed by atoms with Crippen LogP contribution < -0.4 is 14.8 Å². The van der Waals surface area contributed by atoms with Gasteiger partial charge >= 0.3 is 0 Å². The highest BCUT2D eigenvalue weighted by Crippen LogP contribution is 2.31. The summed E-state index contributed by atoms with van der Waals surface area (Å²) in [5.74, 6) is 1.43. The second kappa shape index (κ2) is 10.2. The van der Waals surface area contributed by atoms with E-state index in [2.05, 4.69) is 11.9 Å². The van der Waals surface area contributed by atoms with Gasteiger partial charge in [-0.2, -0.15) is 0 Å². The van der Waals surface area contributed by atoms with Crippen LogP contribution in [0.5, 0.6) is 11.5 Å². The average molecular weight is 365 g/mol. The third-order valence-corrected chi connectivity index (χ3v) is 4.03. The zero-order chi connectivity index (χ0) is 19.6. The minimum atomic E-state index is -0.0562. The zero-order valence-corrected chi connectivity index (χ0v) is 16.2. The molecule has 0 fully saturated rings. The smallest absolute Gasteiger partial charge is 0.185 e. The van der Waals surface area contributed by atoms with Crippen molar-refractivity contribution in [2.24, 2.45) is 0 Å². The number of rotatable bonds is 10. The molecule has 0 atom stereocenters. The van der Waals surface area contributed by atoms with E-state index in [1.807, 2.05) is 63.4 Å². The lowest BCUT2D eigenvalue weighted by Gasteiger charge is -2.14. The Morgan fingerprint density at radius 1 is 1.07 bits per heavy atom. The maximum absolute atomic E-state index is 12.5. The Morgan fingerprint density at radius 2 is 1.74 bits per heavy atom. The first-order valence-corrected chi connectivity index (χ1v) is 9.16. The quantitative estimate of drug-likeness (QED) is 0.359. The number of nitrogens with one attached hydrogen (secondary N) is 1. The molecular weight excluding hydrogens is 338 g/mol. The van der Waals surface area contributed by atoms with Gasteiger partial charge in [-0.3, -0.25) is 4.79 Å². The van der Waals surface area contributed by atoms with Crippen molar-refractivity contribution >= 4 is 17.5 Å². The van der Waals surface area contributed by atoms with Gasteiger partial charge < -0.3 is 14.8 Å². The van der Waals surface area contributed by atoms with Crippen molar-refractivity contribution in [2.75, 3.05) is 25.6 Å². The molecule has 0 saturated heterocycles. The molecular formula is C23H27NO3. The number of allylic oxidation sites excluding steroid dienone is 2. The summed E-state index contributed by atoms with van der Waals surface area (Å²) in [7, 11) is 1.85. The molecule has 2 aromatic rings. The first-order chi connectivity index (χ1) is 13.1. The fourth-order valence-corrected chi connectivity index (χ4v) is 2.70. The van der Waals surface area contributed by atoms with Crippen molar-refractivity contribution < 1.29 is 14.3 Å². The van der Waals surface area contributed by atoms with Gasteiger partial charge in [0.25, 0.3) is 0 Å². The van der Waals surface area contributed by atoms with Crippen molar-refractivity contribution in [3.05, 3.63) is 71.8 Å². The number of carbonyl (C=O) groups excluding carboxylic acids is 1. The Bertz CT molecular complexity index is 807. The Labute approximate surface area is 161 Å². The summed E-state index contributed by atoms with van der Waals surface area (Å²) in [5.41, 5.74) is 3.47. The topological polar surface area (TPSA) is 47.6 Å². The van der Waals surface area contributed by atoms with E-state index in [4.69, 9.17) is 9.47 Å². The number of hydrogen-bond donors (Lipinski definition) is 1. The largest absolute Gasteiger partial charge is 0.493 e. The Morgan fingerprint density at radius 3 is 2.33 bits per heavy atom. The molecule has 0 unspecified atom stereocenters. The molecule has 0 radical (unpaired) electrons. The van der Waals surface area contributed by atoms with E-state index in [9.17, 15) is 4.79 Å². The molecule has 2 aromatic carbocycles. The molecule has 0 bridgehead atoms. The van der Waals surface area contributed by atoms with Gasteiger partial charge in [0.1, 0.15) is 11.5 Å². The second-order valence-corrected chi connectivity index (χ2v) is 5.88. The lowest BCUT2D eigenvalue weighted by molar-refractivity contribution is 0.104. The van der Waals surface area contributed by atoms with Gasteiger partial charge in [-0.25, -0.2) is 0 Å². The summed E-state index contributed by atoms with van der Waals surface area (Å²) < 4.78 is 11.5. The number of anilines is 1.